The SMILES string of the molecule is Cc1cc(NC(=O)CSCc2nc3sc4c(c3c(=O)[nH]2)CCCC4)ccc1Br. The minimum absolute atomic E-state index is 0.0465. The first kappa shape index (κ1) is 19.7. The van der Waals surface area contributed by atoms with Gasteiger partial charge in [-0.25, -0.2) is 4.98 Å². The summed E-state index contributed by atoms with van der Waals surface area (Å²) in [6.07, 6.45) is 4.36. The van der Waals surface area contributed by atoms with Crippen LogP contribution in [0.2, 0.25) is 0 Å². The summed E-state index contributed by atoms with van der Waals surface area (Å²) in [5.74, 6) is 1.37. The molecule has 2 heterocycles. The number of thioether (sulfide) groups is 1. The van der Waals surface area contributed by atoms with Gasteiger partial charge in [0.05, 0.1) is 16.9 Å². The van der Waals surface area contributed by atoms with Crippen LogP contribution in [-0.2, 0) is 23.4 Å². The number of carbonyl (C=O) groups is 1. The van der Waals surface area contributed by atoms with E-state index in [2.05, 4.69) is 31.2 Å². The summed E-state index contributed by atoms with van der Waals surface area (Å²) in [4.78, 5) is 34.4. The van der Waals surface area contributed by atoms with E-state index < -0.39 is 0 Å². The lowest BCUT2D eigenvalue weighted by Gasteiger charge is -2.09. The second-order valence-corrected chi connectivity index (χ2v) is 9.83. The van der Waals surface area contributed by atoms with E-state index in [9.17, 15) is 9.59 Å². The number of halogens is 1. The van der Waals surface area contributed by atoms with Crippen LogP contribution < -0.4 is 10.9 Å². The van der Waals surface area contributed by atoms with Crippen LogP contribution in [0.15, 0.2) is 27.5 Å². The van der Waals surface area contributed by atoms with Gasteiger partial charge in [0.1, 0.15) is 10.7 Å². The van der Waals surface area contributed by atoms with Gasteiger partial charge in [0.25, 0.3) is 5.56 Å². The maximum Gasteiger partial charge on any atom is 0.259 e. The molecule has 28 heavy (non-hydrogen) atoms. The fraction of sp³-hybridized carbons (Fsp3) is 0.350. The highest BCUT2D eigenvalue weighted by Gasteiger charge is 2.19. The molecule has 2 N–H and O–H groups in total. The number of carbonyl (C=O) groups excluding carboxylic acids is 1. The number of nitrogens with one attached hydrogen (secondary N) is 2. The van der Waals surface area contributed by atoms with Crippen molar-refractivity contribution in [1.82, 2.24) is 9.97 Å². The number of benzene rings is 1. The predicted molar refractivity (Wildman–Crippen MR) is 121 cm³/mol. The van der Waals surface area contributed by atoms with E-state index in [0.717, 1.165) is 45.2 Å². The molecule has 1 aliphatic rings. The van der Waals surface area contributed by atoms with Crippen LogP contribution in [0.5, 0.6) is 0 Å². The lowest BCUT2D eigenvalue weighted by molar-refractivity contribution is -0.113. The largest absolute Gasteiger partial charge is 0.325 e. The molecule has 0 atom stereocenters. The van der Waals surface area contributed by atoms with Crippen molar-refractivity contribution in [3.63, 3.8) is 0 Å². The lowest BCUT2D eigenvalue weighted by atomic mass is 9.97. The molecule has 146 valence electrons. The molecule has 4 rings (SSSR count). The normalized spacial score (nSPS) is 13.5. The number of hydrogen-bond donors (Lipinski definition) is 2. The molecule has 1 aliphatic carbocycles. The van der Waals surface area contributed by atoms with Crippen LogP contribution in [-0.4, -0.2) is 21.6 Å². The molecule has 0 bridgehead atoms. The molecule has 0 fully saturated rings. The van der Waals surface area contributed by atoms with Crippen molar-refractivity contribution < 1.29 is 4.79 Å². The monoisotopic (exact) mass is 477 g/mol. The summed E-state index contributed by atoms with van der Waals surface area (Å²) >= 11 is 6.55. The third-order valence-corrected chi connectivity index (χ3v) is 7.81. The maximum absolute atomic E-state index is 12.5. The molecule has 0 aliphatic heterocycles. The summed E-state index contributed by atoms with van der Waals surface area (Å²) in [6, 6.07) is 5.71. The number of aromatic nitrogens is 2. The number of hydrogen-bond acceptors (Lipinski definition) is 5. The number of rotatable bonds is 5. The van der Waals surface area contributed by atoms with E-state index in [1.54, 1.807) is 11.3 Å². The molecule has 0 unspecified atom stereocenters. The van der Waals surface area contributed by atoms with E-state index in [1.165, 1.54) is 28.6 Å². The van der Waals surface area contributed by atoms with Gasteiger partial charge in [-0.2, -0.15) is 0 Å². The van der Waals surface area contributed by atoms with Crippen molar-refractivity contribution >= 4 is 60.8 Å². The molecule has 3 aromatic rings. The van der Waals surface area contributed by atoms with Gasteiger partial charge in [-0.1, -0.05) is 15.9 Å². The van der Waals surface area contributed by atoms with Crippen molar-refractivity contribution in [3.8, 4) is 0 Å². The van der Waals surface area contributed by atoms with E-state index in [4.69, 9.17) is 0 Å². The number of thiophene rings is 1. The molecule has 0 saturated heterocycles. The molecule has 2 aromatic heterocycles. The van der Waals surface area contributed by atoms with Crippen molar-refractivity contribution in [2.75, 3.05) is 11.1 Å². The Labute approximate surface area is 179 Å². The minimum atomic E-state index is -0.0678. The Morgan fingerprint density at radius 1 is 1.36 bits per heavy atom. The zero-order chi connectivity index (χ0) is 19.7. The average molecular weight is 478 g/mol. The second kappa shape index (κ2) is 8.39. The quantitative estimate of drug-likeness (QED) is 0.552. The summed E-state index contributed by atoms with van der Waals surface area (Å²) in [6.45, 7) is 1.98. The number of H-pyrrole nitrogens is 1. The van der Waals surface area contributed by atoms with Crippen LogP contribution in [0.3, 0.4) is 0 Å². The van der Waals surface area contributed by atoms with Gasteiger partial charge >= 0.3 is 0 Å². The van der Waals surface area contributed by atoms with Gasteiger partial charge < -0.3 is 10.3 Å². The zero-order valence-electron chi connectivity index (χ0n) is 15.4. The third kappa shape index (κ3) is 4.18. The molecule has 8 heteroatoms. The molecule has 0 saturated carbocycles. The Morgan fingerprint density at radius 2 is 2.18 bits per heavy atom. The number of aryl methyl sites for hydroxylation is 3. The van der Waals surface area contributed by atoms with Gasteiger partial charge in [-0.05, 0) is 61.9 Å². The lowest BCUT2D eigenvalue weighted by Crippen LogP contribution is -2.15. The van der Waals surface area contributed by atoms with Crippen LogP contribution in [0.1, 0.15) is 34.7 Å². The van der Waals surface area contributed by atoms with E-state index >= 15 is 0 Å². The topological polar surface area (TPSA) is 74.8 Å². The maximum atomic E-state index is 12.5. The van der Waals surface area contributed by atoms with Gasteiger partial charge in [-0.15, -0.1) is 23.1 Å². The van der Waals surface area contributed by atoms with Crippen molar-refractivity contribution in [1.29, 1.82) is 0 Å². The van der Waals surface area contributed by atoms with Crippen molar-refractivity contribution in [2.24, 2.45) is 0 Å². The van der Waals surface area contributed by atoms with Crippen LogP contribution >= 0.6 is 39.0 Å². The van der Waals surface area contributed by atoms with E-state index in [0.29, 0.717) is 17.3 Å². The fourth-order valence-electron chi connectivity index (χ4n) is 3.44. The summed E-state index contributed by atoms with van der Waals surface area (Å²) < 4.78 is 1.01. The first-order valence-electron chi connectivity index (χ1n) is 9.18. The van der Waals surface area contributed by atoms with Gasteiger partial charge in [0.15, 0.2) is 0 Å². The number of anilines is 1. The molecule has 1 aromatic carbocycles. The first-order valence-corrected chi connectivity index (χ1v) is 11.9. The Kier molecular flexibility index (Phi) is 5.89. The van der Waals surface area contributed by atoms with Gasteiger partial charge in [0.2, 0.25) is 5.91 Å². The molecular weight excluding hydrogens is 458 g/mol. The summed E-state index contributed by atoms with van der Waals surface area (Å²) in [7, 11) is 0. The number of fused-ring (bicyclic) bond motifs is 3. The van der Waals surface area contributed by atoms with Crippen LogP contribution in [0, 0.1) is 6.92 Å². The van der Waals surface area contributed by atoms with Crippen LogP contribution in [0.4, 0.5) is 5.69 Å². The zero-order valence-corrected chi connectivity index (χ0v) is 18.7. The van der Waals surface area contributed by atoms with Crippen molar-refractivity contribution in [3.05, 3.63) is 54.9 Å². The second-order valence-electron chi connectivity index (χ2n) is 6.91. The highest BCUT2D eigenvalue weighted by atomic mass is 79.9. The average Bonchev–Trinajstić information content (AvgIpc) is 3.03. The fourth-order valence-corrected chi connectivity index (χ4v) is 5.65. The first-order chi connectivity index (χ1) is 13.5. The van der Waals surface area contributed by atoms with Crippen molar-refractivity contribution in [2.45, 2.75) is 38.4 Å². The number of aromatic amines is 1. The minimum Gasteiger partial charge on any atom is -0.325 e. The number of nitrogens with zero attached hydrogens (tertiary/aromatic N) is 1. The smallest absolute Gasteiger partial charge is 0.259 e. The predicted octanol–water partition coefficient (Wildman–Crippen LogP) is 4.81. The van der Waals surface area contributed by atoms with E-state index in [-0.39, 0.29) is 11.5 Å². The van der Waals surface area contributed by atoms with Gasteiger partial charge in [-0.3, -0.25) is 9.59 Å². The Hall–Kier alpha value is -1.64. The highest BCUT2D eigenvalue weighted by molar-refractivity contribution is 9.10. The Morgan fingerprint density at radius 3 is 3.00 bits per heavy atom. The Bertz CT molecular complexity index is 1110. The number of amides is 1. The van der Waals surface area contributed by atoms with E-state index in [1.807, 2.05) is 25.1 Å². The van der Waals surface area contributed by atoms with Gasteiger partial charge in [0, 0.05) is 15.0 Å². The molecule has 1 amide bonds. The third-order valence-electron chi connectivity index (χ3n) is 4.79. The Balaban J connectivity index is 1.39. The molecule has 5 nitrogen and oxygen atoms in total. The molecular formula is C20H20BrN3O2S2. The molecule has 0 radical (unpaired) electrons. The van der Waals surface area contributed by atoms with Crippen LogP contribution in [0.25, 0.3) is 10.2 Å². The highest BCUT2D eigenvalue weighted by Crippen LogP contribution is 2.33. The summed E-state index contributed by atoms with van der Waals surface area (Å²) in [5, 5.41) is 3.67. The molecule has 0 spiro atoms. The summed E-state index contributed by atoms with van der Waals surface area (Å²) in [5.41, 5.74) is 3.00. The standard InChI is InChI=1S/C20H20BrN3O2S2/c1-11-8-12(6-7-14(11)21)22-17(25)10-27-9-16-23-19(26)18-13-4-2-3-5-15(13)28-20(18)24-16/h6-8H,2-5,9-10H2,1H3,(H,22,25)(H,23,24,26).